The Morgan fingerprint density at radius 2 is 1.62 bits per heavy atom. The van der Waals surface area contributed by atoms with Gasteiger partial charge in [0.15, 0.2) is 0 Å². The third-order valence-corrected chi connectivity index (χ3v) is 5.05. The van der Waals surface area contributed by atoms with Crippen molar-refractivity contribution in [1.29, 1.82) is 0 Å². The van der Waals surface area contributed by atoms with Gasteiger partial charge < -0.3 is 10.2 Å². The van der Waals surface area contributed by atoms with E-state index in [9.17, 15) is 4.79 Å². The van der Waals surface area contributed by atoms with Crippen LogP contribution in [0.3, 0.4) is 0 Å². The number of anilines is 1. The summed E-state index contributed by atoms with van der Waals surface area (Å²) in [6, 6.07) is 26.5. The number of para-hydroxylation sites is 1. The first-order valence-corrected chi connectivity index (χ1v) is 9.00. The largest absolute Gasteiger partial charge is 0.322 e. The third kappa shape index (κ3) is 3.08. The van der Waals surface area contributed by atoms with E-state index in [1.165, 1.54) is 11.1 Å². The minimum Gasteiger partial charge on any atom is -0.313 e. The van der Waals surface area contributed by atoms with Crippen molar-refractivity contribution in [3.05, 3.63) is 101 Å². The van der Waals surface area contributed by atoms with Gasteiger partial charge in [0.2, 0.25) is 0 Å². The highest BCUT2D eigenvalue weighted by atomic mass is 16.2. The van der Waals surface area contributed by atoms with Gasteiger partial charge in [-0.3, -0.25) is 0 Å². The molecule has 0 aromatic heterocycles. The Morgan fingerprint density at radius 1 is 0.923 bits per heavy atom. The summed E-state index contributed by atoms with van der Waals surface area (Å²) in [6.45, 7) is 2.71. The number of aryl methyl sites for hydroxylation is 1. The molecule has 1 N–H and O–H groups in total. The monoisotopic (exact) mass is 342 g/mol. The molecular weight excluding hydrogens is 320 g/mol. The molecule has 0 fully saturated rings. The number of carbonyl (C=O) groups excluding carboxylic acids is 1. The molecule has 3 aromatic carbocycles. The Labute approximate surface area is 154 Å². The normalized spacial score (nSPS) is 16.0. The maximum atomic E-state index is 13.1. The molecule has 3 heteroatoms. The maximum Gasteiger partial charge on any atom is 0.322 e. The molecule has 0 saturated carbocycles. The van der Waals surface area contributed by atoms with Gasteiger partial charge in [-0.05, 0) is 41.7 Å². The van der Waals surface area contributed by atoms with Crippen LogP contribution in [0.2, 0.25) is 0 Å². The van der Waals surface area contributed by atoms with Gasteiger partial charge in [0.25, 0.3) is 0 Å². The Hall–Kier alpha value is -3.07. The number of rotatable bonds is 2. The number of benzene rings is 3. The molecule has 4 rings (SSSR count). The zero-order valence-corrected chi connectivity index (χ0v) is 14.9. The number of urea groups is 1. The highest BCUT2D eigenvalue weighted by molar-refractivity contribution is 5.91. The van der Waals surface area contributed by atoms with E-state index in [1.54, 1.807) is 0 Å². The van der Waals surface area contributed by atoms with Crippen LogP contribution >= 0.6 is 0 Å². The Bertz CT molecular complexity index is 920. The molecule has 0 spiro atoms. The Morgan fingerprint density at radius 3 is 2.42 bits per heavy atom. The molecule has 1 aliphatic rings. The van der Waals surface area contributed by atoms with Gasteiger partial charge in [-0.2, -0.15) is 0 Å². The molecule has 1 atom stereocenters. The number of amides is 2. The van der Waals surface area contributed by atoms with Crippen LogP contribution in [0.5, 0.6) is 0 Å². The second kappa shape index (κ2) is 7.04. The summed E-state index contributed by atoms with van der Waals surface area (Å²) in [6.07, 6.45) is 0.876. The molecule has 0 aliphatic carbocycles. The summed E-state index contributed by atoms with van der Waals surface area (Å²) >= 11 is 0. The summed E-state index contributed by atoms with van der Waals surface area (Å²) in [5, 5.41) is 3.10. The highest BCUT2D eigenvalue weighted by Gasteiger charge is 2.31. The summed E-state index contributed by atoms with van der Waals surface area (Å²) in [5.41, 5.74) is 5.60. The molecule has 3 nitrogen and oxygen atoms in total. The average Bonchev–Trinajstić information content (AvgIpc) is 2.69. The fourth-order valence-corrected chi connectivity index (χ4v) is 3.68. The van der Waals surface area contributed by atoms with Crippen LogP contribution in [0.25, 0.3) is 0 Å². The quantitative estimate of drug-likeness (QED) is 0.684. The van der Waals surface area contributed by atoms with Gasteiger partial charge >= 0.3 is 6.03 Å². The van der Waals surface area contributed by atoms with Crippen LogP contribution in [0.15, 0.2) is 78.9 Å². The van der Waals surface area contributed by atoms with E-state index in [2.05, 4.69) is 41.7 Å². The van der Waals surface area contributed by atoms with Gasteiger partial charge in [0.05, 0.1) is 6.04 Å². The second-order valence-electron chi connectivity index (χ2n) is 6.70. The lowest BCUT2D eigenvalue weighted by molar-refractivity contribution is 0.194. The first-order valence-electron chi connectivity index (χ1n) is 9.00. The van der Waals surface area contributed by atoms with Crippen molar-refractivity contribution in [3.63, 3.8) is 0 Å². The van der Waals surface area contributed by atoms with Gasteiger partial charge in [-0.25, -0.2) is 4.79 Å². The van der Waals surface area contributed by atoms with E-state index in [1.807, 2.05) is 54.3 Å². The maximum absolute atomic E-state index is 13.1. The third-order valence-electron chi connectivity index (χ3n) is 5.05. The number of nitrogens with zero attached hydrogens (tertiary/aromatic N) is 1. The van der Waals surface area contributed by atoms with E-state index in [0.717, 1.165) is 23.2 Å². The van der Waals surface area contributed by atoms with E-state index in [-0.39, 0.29) is 12.1 Å². The number of fused-ring (bicyclic) bond motifs is 1. The predicted octanol–water partition coefficient (Wildman–Crippen LogP) is 5.17. The van der Waals surface area contributed by atoms with Crippen LogP contribution in [0.1, 0.15) is 28.3 Å². The lowest BCUT2D eigenvalue weighted by Crippen LogP contribution is -2.43. The van der Waals surface area contributed by atoms with Gasteiger partial charge in [0, 0.05) is 12.2 Å². The Kier molecular flexibility index (Phi) is 4.44. The zero-order chi connectivity index (χ0) is 17.9. The molecule has 0 unspecified atom stereocenters. The minimum atomic E-state index is -0.0647. The fourth-order valence-electron chi connectivity index (χ4n) is 3.68. The molecule has 3 aromatic rings. The van der Waals surface area contributed by atoms with E-state index in [0.29, 0.717) is 6.54 Å². The lowest BCUT2D eigenvalue weighted by atomic mass is 9.88. The highest BCUT2D eigenvalue weighted by Crippen LogP contribution is 2.35. The first-order chi connectivity index (χ1) is 12.7. The van der Waals surface area contributed by atoms with Crippen LogP contribution in [0.4, 0.5) is 10.5 Å². The molecule has 0 bridgehead atoms. The second-order valence-corrected chi connectivity index (χ2v) is 6.70. The smallest absolute Gasteiger partial charge is 0.313 e. The van der Waals surface area contributed by atoms with Crippen molar-refractivity contribution in [2.75, 3.05) is 11.9 Å². The van der Waals surface area contributed by atoms with Crippen molar-refractivity contribution in [2.24, 2.45) is 0 Å². The van der Waals surface area contributed by atoms with Crippen LogP contribution in [-0.2, 0) is 6.42 Å². The number of nitrogens with one attached hydrogen (secondary N) is 1. The predicted molar refractivity (Wildman–Crippen MR) is 105 cm³/mol. The standard InChI is InChI=1S/C23H22N2O/c1-17-9-5-8-14-21(17)24-23(26)25-16-15-18-10-6-7-13-20(18)22(25)19-11-3-2-4-12-19/h2-14,22H,15-16H2,1H3,(H,24,26)/t22-/m0/s1. The molecule has 130 valence electrons. The molecular formula is C23H22N2O. The van der Waals surface area contributed by atoms with E-state index < -0.39 is 0 Å². The van der Waals surface area contributed by atoms with E-state index in [4.69, 9.17) is 0 Å². The van der Waals surface area contributed by atoms with Crippen LogP contribution < -0.4 is 5.32 Å². The number of carbonyl (C=O) groups is 1. The van der Waals surface area contributed by atoms with Crippen molar-refractivity contribution in [2.45, 2.75) is 19.4 Å². The molecule has 0 saturated heterocycles. The first kappa shape index (κ1) is 16.4. The average molecular weight is 342 g/mol. The summed E-state index contributed by atoms with van der Waals surface area (Å²) in [4.78, 5) is 15.1. The minimum absolute atomic E-state index is 0.0531. The Balaban J connectivity index is 1.70. The number of hydrogen-bond donors (Lipinski definition) is 1. The van der Waals surface area contributed by atoms with Crippen LogP contribution in [-0.4, -0.2) is 17.5 Å². The van der Waals surface area contributed by atoms with E-state index >= 15 is 0 Å². The molecule has 2 amide bonds. The lowest BCUT2D eigenvalue weighted by Gasteiger charge is -2.37. The van der Waals surface area contributed by atoms with Gasteiger partial charge in [-0.15, -0.1) is 0 Å². The molecule has 1 heterocycles. The summed E-state index contributed by atoms with van der Waals surface area (Å²) in [5.74, 6) is 0. The van der Waals surface area contributed by atoms with Crippen LogP contribution in [0, 0.1) is 6.92 Å². The van der Waals surface area contributed by atoms with Crippen molar-refractivity contribution >= 4 is 11.7 Å². The molecule has 26 heavy (non-hydrogen) atoms. The summed E-state index contributed by atoms with van der Waals surface area (Å²) < 4.78 is 0. The summed E-state index contributed by atoms with van der Waals surface area (Å²) in [7, 11) is 0. The van der Waals surface area contributed by atoms with Crippen molar-refractivity contribution < 1.29 is 4.79 Å². The molecule has 1 aliphatic heterocycles. The molecule has 0 radical (unpaired) electrons. The topological polar surface area (TPSA) is 32.3 Å². The zero-order valence-electron chi connectivity index (χ0n) is 14.9. The van der Waals surface area contributed by atoms with Gasteiger partial charge in [0.1, 0.15) is 0 Å². The van der Waals surface area contributed by atoms with Gasteiger partial charge in [-0.1, -0.05) is 72.8 Å². The van der Waals surface area contributed by atoms with Crippen molar-refractivity contribution in [1.82, 2.24) is 4.90 Å². The SMILES string of the molecule is Cc1ccccc1NC(=O)N1CCc2ccccc2[C@@H]1c1ccccc1. The number of hydrogen-bond acceptors (Lipinski definition) is 1. The fraction of sp³-hybridized carbons (Fsp3) is 0.174. The van der Waals surface area contributed by atoms with Crippen molar-refractivity contribution in [3.8, 4) is 0 Å².